The van der Waals surface area contributed by atoms with Crippen LogP contribution in [0.4, 0.5) is 0 Å². The Labute approximate surface area is 151 Å². The molecule has 0 aromatic heterocycles. The zero-order valence-electron chi connectivity index (χ0n) is 16.8. The van der Waals surface area contributed by atoms with E-state index >= 15 is 0 Å². The standard InChI is InChI=1S/C21H32N2O2/c1-12(2)9-16-17(21(7,8)23-14(4)24)10-15-11-20(5,6)22-13(3)18(15)19(16)25/h9-10,16-17,22H,11H2,1-8H3,(H,23,24). The van der Waals surface area contributed by atoms with Crippen molar-refractivity contribution < 1.29 is 9.59 Å². The molecule has 1 heterocycles. The predicted molar refractivity (Wildman–Crippen MR) is 102 cm³/mol. The average Bonchev–Trinajstić information content (AvgIpc) is 2.37. The molecule has 2 rings (SSSR count). The summed E-state index contributed by atoms with van der Waals surface area (Å²) in [6.45, 7) is 15.8. The number of nitrogens with one attached hydrogen (secondary N) is 2. The average molecular weight is 344 g/mol. The third-order valence-corrected chi connectivity index (χ3v) is 5.02. The van der Waals surface area contributed by atoms with Crippen LogP contribution in [0.1, 0.15) is 61.8 Å². The van der Waals surface area contributed by atoms with E-state index in [9.17, 15) is 9.59 Å². The van der Waals surface area contributed by atoms with Crippen LogP contribution in [0.3, 0.4) is 0 Å². The van der Waals surface area contributed by atoms with Gasteiger partial charge in [-0.05, 0) is 60.5 Å². The highest BCUT2D eigenvalue weighted by atomic mass is 16.1. The third kappa shape index (κ3) is 4.05. The van der Waals surface area contributed by atoms with Gasteiger partial charge in [0.25, 0.3) is 0 Å². The zero-order chi connectivity index (χ0) is 19.2. The molecule has 1 aliphatic heterocycles. The van der Waals surface area contributed by atoms with Gasteiger partial charge in [0.2, 0.25) is 5.91 Å². The second-order valence-electron chi connectivity index (χ2n) is 8.94. The zero-order valence-corrected chi connectivity index (χ0v) is 16.8. The summed E-state index contributed by atoms with van der Waals surface area (Å²) in [5, 5.41) is 6.52. The molecule has 1 aliphatic carbocycles. The molecular formula is C21H32N2O2. The molecule has 2 N–H and O–H groups in total. The molecule has 0 spiro atoms. The summed E-state index contributed by atoms with van der Waals surface area (Å²) in [5.74, 6) is -0.250. The second-order valence-corrected chi connectivity index (χ2v) is 8.94. The van der Waals surface area contributed by atoms with Crippen molar-refractivity contribution in [3.05, 3.63) is 34.6 Å². The van der Waals surface area contributed by atoms with Gasteiger partial charge in [0, 0.05) is 41.1 Å². The van der Waals surface area contributed by atoms with Gasteiger partial charge in [-0.25, -0.2) is 0 Å². The maximum atomic E-state index is 13.4. The largest absolute Gasteiger partial charge is 0.383 e. The van der Waals surface area contributed by atoms with Crippen LogP contribution >= 0.6 is 0 Å². The molecule has 2 atom stereocenters. The van der Waals surface area contributed by atoms with Crippen molar-refractivity contribution in [2.24, 2.45) is 11.8 Å². The van der Waals surface area contributed by atoms with Gasteiger partial charge in [-0.1, -0.05) is 17.7 Å². The Morgan fingerprint density at radius 3 is 2.44 bits per heavy atom. The summed E-state index contributed by atoms with van der Waals surface area (Å²) in [6, 6.07) is 0. The molecule has 4 heteroatoms. The van der Waals surface area contributed by atoms with Crippen molar-refractivity contribution in [1.29, 1.82) is 0 Å². The summed E-state index contributed by atoms with van der Waals surface area (Å²) < 4.78 is 0. The molecule has 2 unspecified atom stereocenters. The topological polar surface area (TPSA) is 58.2 Å². The highest BCUT2D eigenvalue weighted by Gasteiger charge is 2.45. The Morgan fingerprint density at radius 2 is 1.92 bits per heavy atom. The van der Waals surface area contributed by atoms with E-state index in [-0.39, 0.29) is 29.1 Å². The Kier molecular flexibility index (Phi) is 5.04. The normalized spacial score (nSPS) is 25.6. The molecule has 138 valence electrons. The van der Waals surface area contributed by atoms with Crippen molar-refractivity contribution >= 4 is 11.7 Å². The van der Waals surface area contributed by atoms with E-state index in [1.165, 1.54) is 6.92 Å². The van der Waals surface area contributed by atoms with Crippen LogP contribution in [0.15, 0.2) is 34.6 Å². The molecule has 25 heavy (non-hydrogen) atoms. The first-order valence-corrected chi connectivity index (χ1v) is 9.02. The molecule has 0 aromatic rings. The fourth-order valence-electron chi connectivity index (χ4n) is 4.29. The van der Waals surface area contributed by atoms with Gasteiger partial charge in [-0.3, -0.25) is 9.59 Å². The number of amides is 1. The second kappa shape index (κ2) is 6.47. The highest BCUT2D eigenvalue weighted by Crippen LogP contribution is 2.42. The minimum atomic E-state index is -0.500. The van der Waals surface area contributed by atoms with Gasteiger partial charge in [0.1, 0.15) is 0 Å². The number of carbonyl (C=O) groups is 2. The van der Waals surface area contributed by atoms with Gasteiger partial charge in [0.05, 0.1) is 0 Å². The summed E-state index contributed by atoms with van der Waals surface area (Å²) >= 11 is 0. The highest BCUT2D eigenvalue weighted by molar-refractivity contribution is 6.04. The van der Waals surface area contributed by atoms with Crippen LogP contribution in [-0.4, -0.2) is 22.8 Å². The lowest BCUT2D eigenvalue weighted by Gasteiger charge is -2.44. The van der Waals surface area contributed by atoms with Crippen molar-refractivity contribution in [2.45, 2.75) is 72.9 Å². The minimum absolute atomic E-state index is 0.0701. The van der Waals surface area contributed by atoms with E-state index in [2.05, 4.69) is 30.6 Å². The van der Waals surface area contributed by atoms with Crippen molar-refractivity contribution in [2.75, 3.05) is 0 Å². The Morgan fingerprint density at radius 1 is 1.32 bits per heavy atom. The van der Waals surface area contributed by atoms with Gasteiger partial charge in [-0.15, -0.1) is 0 Å². The molecule has 0 aromatic carbocycles. The fraction of sp³-hybridized carbons (Fsp3) is 0.619. The van der Waals surface area contributed by atoms with E-state index in [1.807, 2.05) is 40.7 Å². The Bertz CT molecular complexity index is 689. The molecular weight excluding hydrogens is 312 g/mol. The lowest BCUT2D eigenvalue weighted by atomic mass is 9.66. The van der Waals surface area contributed by atoms with Gasteiger partial charge in [-0.2, -0.15) is 0 Å². The van der Waals surface area contributed by atoms with Crippen molar-refractivity contribution in [1.82, 2.24) is 10.6 Å². The van der Waals surface area contributed by atoms with Crippen LogP contribution in [0.5, 0.6) is 0 Å². The number of allylic oxidation sites excluding steroid dienone is 4. The first kappa shape index (κ1) is 19.5. The SMILES string of the molecule is CC(=O)NC(C)(C)C1C=C2CC(C)(C)NC(C)=C2C(=O)C1C=C(C)C. The molecule has 0 saturated carbocycles. The molecule has 1 amide bonds. The fourth-order valence-corrected chi connectivity index (χ4v) is 4.29. The number of Topliss-reactive ketones (excluding diaryl/α,β-unsaturated/α-hetero) is 1. The van der Waals surface area contributed by atoms with Gasteiger partial charge in [0.15, 0.2) is 5.78 Å². The first-order chi connectivity index (χ1) is 11.3. The predicted octanol–water partition coefficient (Wildman–Crippen LogP) is 3.65. The summed E-state index contributed by atoms with van der Waals surface area (Å²) in [6.07, 6.45) is 5.08. The Balaban J connectivity index is 2.61. The number of hydrogen-bond donors (Lipinski definition) is 2. The quantitative estimate of drug-likeness (QED) is 0.768. The van der Waals surface area contributed by atoms with Crippen LogP contribution in [0.25, 0.3) is 0 Å². The maximum absolute atomic E-state index is 13.4. The maximum Gasteiger partial charge on any atom is 0.217 e. The van der Waals surface area contributed by atoms with Crippen LogP contribution in [0.2, 0.25) is 0 Å². The van der Waals surface area contributed by atoms with Crippen molar-refractivity contribution in [3.63, 3.8) is 0 Å². The summed E-state index contributed by atoms with van der Waals surface area (Å²) in [4.78, 5) is 25.1. The molecule has 0 bridgehead atoms. The number of fused-ring (bicyclic) bond motifs is 1. The first-order valence-electron chi connectivity index (χ1n) is 9.02. The van der Waals surface area contributed by atoms with Crippen molar-refractivity contribution in [3.8, 4) is 0 Å². The summed E-state index contributed by atoms with van der Waals surface area (Å²) in [7, 11) is 0. The number of ketones is 1. The Hall–Kier alpha value is -1.84. The number of rotatable bonds is 3. The molecule has 4 nitrogen and oxygen atoms in total. The van der Waals surface area contributed by atoms with E-state index in [1.54, 1.807) is 0 Å². The third-order valence-electron chi connectivity index (χ3n) is 5.02. The van der Waals surface area contributed by atoms with E-state index < -0.39 is 5.54 Å². The molecule has 2 aliphatic rings. The van der Waals surface area contributed by atoms with E-state index in [0.717, 1.165) is 28.8 Å². The van der Waals surface area contributed by atoms with E-state index in [4.69, 9.17) is 0 Å². The minimum Gasteiger partial charge on any atom is -0.383 e. The number of carbonyl (C=O) groups excluding carboxylic acids is 2. The molecule has 0 radical (unpaired) electrons. The van der Waals surface area contributed by atoms with Crippen LogP contribution in [-0.2, 0) is 9.59 Å². The molecule has 0 fully saturated rings. The molecule has 0 saturated heterocycles. The smallest absolute Gasteiger partial charge is 0.217 e. The van der Waals surface area contributed by atoms with Crippen LogP contribution in [0, 0.1) is 11.8 Å². The summed E-state index contributed by atoms with van der Waals surface area (Å²) in [5.41, 5.74) is 3.42. The monoisotopic (exact) mass is 344 g/mol. The van der Waals surface area contributed by atoms with Gasteiger partial charge < -0.3 is 10.6 Å². The lowest BCUT2D eigenvalue weighted by Crippen LogP contribution is -2.54. The van der Waals surface area contributed by atoms with E-state index in [0.29, 0.717) is 0 Å². The van der Waals surface area contributed by atoms with Gasteiger partial charge >= 0.3 is 0 Å². The van der Waals surface area contributed by atoms with Crippen LogP contribution < -0.4 is 10.6 Å². The lowest BCUT2D eigenvalue weighted by molar-refractivity contribution is -0.124. The number of hydrogen-bond acceptors (Lipinski definition) is 3.